The van der Waals surface area contributed by atoms with E-state index in [1.54, 1.807) is 24.3 Å². The van der Waals surface area contributed by atoms with Crippen LogP contribution in [0.25, 0.3) is 0 Å². The Kier molecular flexibility index (Phi) is 3.36. The van der Waals surface area contributed by atoms with Gasteiger partial charge in [0.15, 0.2) is 0 Å². The molecule has 0 aromatic heterocycles. The van der Waals surface area contributed by atoms with Crippen LogP contribution >= 0.6 is 0 Å². The zero-order valence-electron chi connectivity index (χ0n) is 11.6. The molecular formula is C16H13FN2O3. The molecule has 1 aliphatic rings. The van der Waals surface area contributed by atoms with Gasteiger partial charge in [-0.25, -0.2) is 4.39 Å². The smallest absolute Gasteiger partial charge is 0.282 e. The molecule has 1 aliphatic carbocycles. The van der Waals surface area contributed by atoms with E-state index in [0.717, 1.165) is 0 Å². The molecule has 0 aliphatic heterocycles. The van der Waals surface area contributed by atoms with Crippen molar-refractivity contribution in [1.29, 1.82) is 0 Å². The second kappa shape index (κ2) is 5.22. The van der Waals surface area contributed by atoms with Crippen LogP contribution in [0.5, 0.6) is 0 Å². The first-order valence-electron chi connectivity index (χ1n) is 6.84. The standard InChI is InChI=1S/C16H13FN2O3/c17-13-7-3-2-6-12(13)16(9-10-16)18-15(20)11-5-1-4-8-14(11)19(21)22/h1-8H,9-10H2,(H,18,20). The maximum Gasteiger partial charge on any atom is 0.282 e. The third-order valence-corrected chi connectivity index (χ3v) is 3.84. The van der Waals surface area contributed by atoms with Crippen molar-refractivity contribution in [3.8, 4) is 0 Å². The molecule has 3 rings (SSSR count). The highest BCUT2D eigenvalue weighted by Gasteiger charge is 2.47. The van der Waals surface area contributed by atoms with Gasteiger partial charge in [-0.1, -0.05) is 30.3 Å². The van der Waals surface area contributed by atoms with Crippen LogP contribution in [0.15, 0.2) is 48.5 Å². The minimum atomic E-state index is -0.758. The summed E-state index contributed by atoms with van der Waals surface area (Å²) >= 11 is 0. The highest BCUT2D eigenvalue weighted by Crippen LogP contribution is 2.46. The number of benzene rings is 2. The number of nitro benzene ring substituents is 1. The van der Waals surface area contributed by atoms with Crippen LogP contribution in [0.1, 0.15) is 28.8 Å². The third-order valence-electron chi connectivity index (χ3n) is 3.84. The molecule has 0 bridgehead atoms. The van der Waals surface area contributed by atoms with Crippen LogP contribution in [-0.2, 0) is 5.54 Å². The highest BCUT2D eigenvalue weighted by molar-refractivity contribution is 5.98. The van der Waals surface area contributed by atoms with Gasteiger partial charge in [0.05, 0.1) is 10.5 Å². The van der Waals surface area contributed by atoms with E-state index in [9.17, 15) is 19.3 Å². The zero-order valence-corrected chi connectivity index (χ0v) is 11.6. The van der Waals surface area contributed by atoms with Crippen LogP contribution in [0, 0.1) is 15.9 Å². The van der Waals surface area contributed by atoms with Gasteiger partial charge >= 0.3 is 0 Å². The number of rotatable bonds is 4. The Balaban J connectivity index is 1.90. The Morgan fingerprint density at radius 3 is 2.41 bits per heavy atom. The predicted octanol–water partition coefficient (Wildman–Crippen LogP) is 3.15. The monoisotopic (exact) mass is 300 g/mol. The summed E-state index contributed by atoms with van der Waals surface area (Å²) in [7, 11) is 0. The normalized spacial score (nSPS) is 15.1. The summed E-state index contributed by atoms with van der Waals surface area (Å²) in [6, 6.07) is 12.0. The molecule has 112 valence electrons. The average Bonchev–Trinajstić information content (AvgIpc) is 3.28. The second-order valence-electron chi connectivity index (χ2n) is 5.29. The molecule has 6 heteroatoms. The van der Waals surface area contributed by atoms with Crippen molar-refractivity contribution in [2.45, 2.75) is 18.4 Å². The lowest BCUT2D eigenvalue weighted by Gasteiger charge is -2.18. The number of para-hydroxylation sites is 1. The van der Waals surface area contributed by atoms with Crippen molar-refractivity contribution >= 4 is 11.6 Å². The molecule has 0 unspecified atom stereocenters. The Bertz CT molecular complexity index is 757. The first-order chi connectivity index (χ1) is 10.5. The maximum absolute atomic E-state index is 13.9. The van der Waals surface area contributed by atoms with E-state index >= 15 is 0 Å². The van der Waals surface area contributed by atoms with Crippen molar-refractivity contribution in [3.63, 3.8) is 0 Å². The van der Waals surface area contributed by atoms with Gasteiger partial charge in [-0.3, -0.25) is 14.9 Å². The molecule has 1 fully saturated rings. The summed E-state index contributed by atoms with van der Waals surface area (Å²) in [6.45, 7) is 0. The lowest BCUT2D eigenvalue weighted by molar-refractivity contribution is -0.385. The Morgan fingerprint density at radius 2 is 1.77 bits per heavy atom. The molecule has 0 saturated heterocycles. The van der Waals surface area contributed by atoms with Crippen molar-refractivity contribution in [1.82, 2.24) is 5.32 Å². The molecule has 0 spiro atoms. The Labute approximate surface area is 125 Å². The number of carbonyl (C=O) groups is 1. The van der Waals surface area contributed by atoms with Gasteiger partial charge in [-0.05, 0) is 25.0 Å². The molecule has 5 nitrogen and oxygen atoms in total. The van der Waals surface area contributed by atoms with Crippen LogP contribution in [0.3, 0.4) is 0 Å². The van der Waals surface area contributed by atoms with Crippen LogP contribution < -0.4 is 5.32 Å². The lowest BCUT2D eigenvalue weighted by Crippen LogP contribution is -2.35. The van der Waals surface area contributed by atoms with Gasteiger partial charge in [0.2, 0.25) is 0 Å². The molecule has 22 heavy (non-hydrogen) atoms. The molecule has 2 aromatic rings. The maximum atomic E-state index is 13.9. The summed E-state index contributed by atoms with van der Waals surface area (Å²) in [4.78, 5) is 22.8. The van der Waals surface area contributed by atoms with Gasteiger partial charge in [-0.15, -0.1) is 0 Å². The van der Waals surface area contributed by atoms with Gasteiger partial charge in [0.25, 0.3) is 11.6 Å². The molecule has 0 radical (unpaired) electrons. The van der Waals surface area contributed by atoms with Crippen LogP contribution in [-0.4, -0.2) is 10.8 Å². The number of hydrogen-bond donors (Lipinski definition) is 1. The summed E-state index contributed by atoms with van der Waals surface area (Å²) in [5.74, 6) is -0.948. The fraction of sp³-hybridized carbons (Fsp3) is 0.188. The zero-order chi connectivity index (χ0) is 15.7. The van der Waals surface area contributed by atoms with E-state index in [1.807, 2.05) is 0 Å². The molecular weight excluding hydrogens is 287 g/mol. The summed E-state index contributed by atoms with van der Waals surface area (Å²) in [5, 5.41) is 13.7. The fourth-order valence-corrected chi connectivity index (χ4v) is 2.55. The number of nitrogens with one attached hydrogen (secondary N) is 1. The van der Waals surface area contributed by atoms with Crippen molar-refractivity contribution < 1.29 is 14.1 Å². The number of carbonyl (C=O) groups excluding carboxylic acids is 1. The number of nitro groups is 1. The molecule has 2 aromatic carbocycles. The molecule has 0 atom stereocenters. The summed E-state index contributed by atoms with van der Waals surface area (Å²) < 4.78 is 13.9. The van der Waals surface area contributed by atoms with Crippen molar-refractivity contribution in [2.75, 3.05) is 0 Å². The van der Waals surface area contributed by atoms with E-state index in [-0.39, 0.29) is 17.1 Å². The first kappa shape index (κ1) is 14.2. The molecule has 1 N–H and O–H groups in total. The Hall–Kier alpha value is -2.76. The van der Waals surface area contributed by atoms with Gasteiger partial charge < -0.3 is 5.32 Å². The lowest BCUT2D eigenvalue weighted by atomic mass is 10.0. The van der Waals surface area contributed by atoms with Gasteiger partial charge in [0, 0.05) is 11.6 Å². The van der Waals surface area contributed by atoms with E-state index in [4.69, 9.17) is 0 Å². The minimum Gasteiger partial charge on any atom is -0.342 e. The number of halogens is 1. The molecule has 1 amide bonds. The number of nitrogens with zero attached hydrogens (tertiary/aromatic N) is 1. The minimum absolute atomic E-state index is 0.0184. The second-order valence-corrected chi connectivity index (χ2v) is 5.29. The Morgan fingerprint density at radius 1 is 1.14 bits per heavy atom. The molecule has 1 saturated carbocycles. The highest BCUT2D eigenvalue weighted by atomic mass is 19.1. The average molecular weight is 300 g/mol. The van der Waals surface area contributed by atoms with Crippen LogP contribution in [0.4, 0.5) is 10.1 Å². The summed E-state index contributed by atoms with van der Waals surface area (Å²) in [5.41, 5.74) is -0.618. The number of amides is 1. The van der Waals surface area contributed by atoms with Crippen molar-refractivity contribution in [3.05, 3.63) is 75.6 Å². The topological polar surface area (TPSA) is 72.2 Å². The quantitative estimate of drug-likeness (QED) is 0.696. The SMILES string of the molecule is O=C(NC1(c2ccccc2F)CC1)c1ccccc1[N+](=O)[O-]. The van der Waals surface area contributed by atoms with E-state index in [0.29, 0.717) is 18.4 Å². The summed E-state index contributed by atoms with van der Waals surface area (Å²) in [6.07, 6.45) is 1.22. The van der Waals surface area contributed by atoms with Crippen LogP contribution in [0.2, 0.25) is 0 Å². The molecule has 0 heterocycles. The van der Waals surface area contributed by atoms with E-state index in [1.165, 1.54) is 24.3 Å². The van der Waals surface area contributed by atoms with E-state index in [2.05, 4.69) is 5.32 Å². The number of hydrogen-bond acceptors (Lipinski definition) is 3. The van der Waals surface area contributed by atoms with E-state index < -0.39 is 16.4 Å². The van der Waals surface area contributed by atoms with Gasteiger partial charge in [-0.2, -0.15) is 0 Å². The van der Waals surface area contributed by atoms with Gasteiger partial charge in [0.1, 0.15) is 11.4 Å². The third kappa shape index (κ3) is 2.43. The van der Waals surface area contributed by atoms with Crippen molar-refractivity contribution in [2.24, 2.45) is 0 Å². The predicted molar refractivity (Wildman–Crippen MR) is 77.9 cm³/mol. The fourth-order valence-electron chi connectivity index (χ4n) is 2.55. The largest absolute Gasteiger partial charge is 0.342 e. The first-order valence-corrected chi connectivity index (χ1v) is 6.84.